The number of halogens is 2. The maximum atomic E-state index is 6.16. The molecule has 0 radical (unpaired) electrons. The van der Waals surface area contributed by atoms with Gasteiger partial charge in [-0.1, -0.05) is 18.5 Å². The van der Waals surface area contributed by atoms with Crippen LogP contribution in [0.4, 0.5) is 0 Å². The van der Waals surface area contributed by atoms with Gasteiger partial charge in [-0.15, -0.1) is 11.6 Å². The van der Waals surface area contributed by atoms with Gasteiger partial charge in [-0.3, -0.25) is 0 Å². The Labute approximate surface area is 99.1 Å². The summed E-state index contributed by atoms with van der Waals surface area (Å²) in [7, 11) is 0. The van der Waals surface area contributed by atoms with Crippen molar-refractivity contribution in [2.45, 2.75) is 18.7 Å². The smallest absolute Gasteiger partial charge is 0.162 e. The third-order valence-corrected chi connectivity index (χ3v) is 3.23. The Morgan fingerprint density at radius 1 is 1.27 bits per heavy atom. The molecule has 15 heavy (non-hydrogen) atoms. The SMILES string of the molecule is CCC(Cl)c1cc2c(cc1Cl)OCCO2. The second kappa shape index (κ2) is 4.50. The van der Waals surface area contributed by atoms with E-state index in [1.807, 2.05) is 13.0 Å². The van der Waals surface area contributed by atoms with Gasteiger partial charge in [-0.05, 0) is 18.1 Å². The number of hydrogen-bond acceptors (Lipinski definition) is 2. The molecule has 1 aliphatic heterocycles. The minimum absolute atomic E-state index is 0.0756. The normalized spacial score (nSPS) is 16.2. The molecule has 0 saturated carbocycles. The first-order valence-electron chi connectivity index (χ1n) is 4.95. The second-order valence-electron chi connectivity index (χ2n) is 3.39. The summed E-state index contributed by atoms with van der Waals surface area (Å²) in [6.45, 7) is 3.17. The largest absolute Gasteiger partial charge is 0.486 e. The zero-order valence-electron chi connectivity index (χ0n) is 8.43. The number of rotatable bonds is 2. The number of benzene rings is 1. The third-order valence-electron chi connectivity index (χ3n) is 2.36. The van der Waals surface area contributed by atoms with Gasteiger partial charge in [0.25, 0.3) is 0 Å². The van der Waals surface area contributed by atoms with Crippen LogP contribution >= 0.6 is 23.2 Å². The van der Waals surface area contributed by atoms with Crippen molar-refractivity contribution in [1.29, 1.82) is 0 Å². The maximum Gasteiger partial charge on any atom is 0.162 e. The predicted molar refractivity (Wildman–Crippen MR) is 61.3 cm³/mol. The molecule has 1 aromatic rings. The average molecular weight is 247 g/mol. The molecule has 0 bridgehead atoms. The Hall–Kier alpha value is -0.600. The van der Waals surface area contributed by atoms with Crippen LogP contribution in [0, 0.1) is 0 Å². The minimum Gasteiger partial charge on any atom is -0.486 e. The lowest BCUT2D eigenvalue weighted by molar-refractivity contribution is 0.171. The van der Waals surface area contributed by atoms with E-state index in [2.05, 4.69) is 0 Å². The molecular weight excluding hydrogens is 235 g/mol. The lowest BCUT2D eigenvalue weighted by Crippen LogP contribution is -2.15. The lowest BCUT2D eigenvalue weighted by Gasteiger charge is -2.20. The standard InChI is InChI=1S/C11H12Cl2O2/c1-2-8(12)7-5-10-11(6-9(7)13)15-4-3-14-10/h5-6,8H,2-4H2,1H3. The summed E-state index contributed by atoms with van der Waals surface area (Å²) in [6.07, 6.45) is 0.834. The molecule has 0 amide bonds. The van der Waals surface area contributed by atoms with Crippen molar-refractivity contribution in [3.05, 3.63) is 22.7 Å². The second-order valence-corrected chi connectivity index (χ2v) is 4.33. The van der Waals surface area contributed by atoms with Crippen LogP contribution in [0.1, 0.15) is 24.3 Å². The first kappa shape index (κ1) is 10.9. The van der Waals surface area contributed by atoms with Crippen molar-refractivity contribution in [3.63, 3.8) is 0 Å². The highest BCUT2D eigenvalue weighted by molar-refractivity contribution is 6.33. The van der Waals surface area contributed by atoms with Crippen LogP contribution in [0.3, 0.4) is 0 Å². The van der Waals surface area contributed by atoms with Crippen molar-refractivity contribution in [1.82, 2.24) is 0 Å². The first-order valence-corrected chi connectivity index (χ1v) is 5.77. The van der Waals surface area contributed by atoms with Gasteiger partial charge in [0.05, 0.1) is 5.38 Å². The van der Waals surface area contributed by atoms with Crippen LogP contribution in [0.15, 0.2) is 12.1 Å². The summed E-state index contributed by atoms with van der Waals surface area (Å²) in [5.41, 5.74) is 0.907. The molecule has 0 saturated heterocycles. The van der Waals surface area contributed by atoms with E-state index in [4.69, 9.17) is 32.7 Å². The van der Waals surface area contributed by atoms with E-state index in [1.54, 1.807) is 6.07 Å². The quantitative estimate of drug-likeness (QED) is 0.740. The molecule has 2 nitrogen and oxygen atoms in total. The number of hydrogen-bond donors (Lipinski definition) is 0. The van der Waals surface area contributed by atoms with Crippen LogP contribution < -0.4 is 9.47 Å². The van der Waals surface area contributed by atoms with Crippen LogP contribution in [0.2, 0.25) is 5.02 Å². The van der Waals surface area contributed by atoms with Crippen LogP contribution in [-0.4, -0.2) is 13.2 Å². The van der Waals surface area contributed by atoms with Gasteiger partial charge >= 0.3 is 0 Å². The summed E-state index contributed by atoms with van der Waals surface area (Å²) >= 11 is 12.3. The molecule has 1 heterocycles. The van der Waals surface area contributed by atoms with Crippen molar-refractivity contribution in [2.75, 3.05) is 13.2 Å². The highest BCUT2D eigenvalue weighted by atomic mass is 35.5. The molecule has 0 N–H and O–H groups in total. The van der Waals surface area contributed by atoms with Crippen LogP contribution in [0.5, 0.6) is 11.5 Å². The van der Waals surface area contributed by atoms with Crippen molar-refractivity contribution >= 4 is 23.2 Å². The Balaban J connectivity index is 2.40. The zero-order valence-corrected chi connectivity index (χ0v) is 9.94. The highest BCUT2D eigenvalue weighted by Crippen LogP contribution is 2.40. The summed E-state index contributed by atoms with van der Waals surface area (Å²) in [5, 5.41) is 0.564. The number of ether oxygens (including phenoxy) is 2. The molecule has 0 fully saturated rings. The van der Waals surface area contributed by atoms with Gasteiger partial charge in [0.2, 0.25) is 0 Å². The topological polar surface area (TPSA) is 18.5 Å². The Morgan fingerprint density at radius 3 is 2.47 bits per heavy atom. The number of fused-ring (bicyclic) bond motifs is 1. The molecule has 1 aromatic carbocycles. The third kappa shape index (κ3) is 2.16. The van der Waals surface area contributed by atoms with Crippen LogP contribution in [-0.2, 0) is 0 Å². The maximum absolute atomic E-state index is 6.16. The van der Waals surface area contributed by atoms with Crippen molar-refractivity contribution < 1.29 is 9.47 Å². The highest BCUT2D eigenvalue weighted by Gasteiger charge is 2.18. The van der Waals surface area contributed by atoms with E-state index >= 15 is 0 Å². The van der Waals surface area contributed by atoms with E-state index in [1.165, 1.54) is 0 Å². The molecule has 1 unspecified atom stereocenters. The molecule has 4 heteroatoms. The first-order chi connectivity index (χ1) is 7.22. The van der Waals surface area contributed by atoms with Gasteiger partial charge in [0, 0.05) is 11.1 Å². The fourth-order valence-electron chi connectivity index (χ4n) is 1.54. The summed E-state index contributed by atoms with van der Waals surface area (Å²) < 4.78 is 10.9. The van der Waals surface area contributed by atoms with Gasteiger partial charge < -0.3 is 9.47 Å². The van der Waals surface area contributed by atoms with Gasteiger partial charge in [0.15, 0.2) is 11.5 Å². The van der Waals surface area contributed by atoms with Gasteiger partial charge in [0.1, 0.15) is 13.2 Å². The molecule has 0 aromatic heterocycles. The van der Waals surface area contributed by atoms with Gasteiger partial charge in [-0.25, -0.2) is 0 Å². The fourth-order valence-corrected chi connectivity index (χ4v) is 2.06. The van der Waals surface area contributed by atoms with E-state index < -0.39 is 0 Å². The molecule has 1 aliphatic rings. The fraction of sp³-hybridized carbons (Fsp3) is 0.455. The summed E-state index contributed by atoms with van der Waals surface area (Å²) in [6, 6.07) is 3.65. The van der Waals surface area contributed by atoms with Crippen molar-refractivity contribution in [3.8, 4) is 11.5 Å². The molecular formula is C11H12Cl2O2. The molecule has 1 atom stereocenters. The number of alkyl halides is 1. The zero-order chi connectivity index (χ0) is 10.8. The van der Waals surface area contributed by atoms with Crippen LogP contribution in [0.25, 0.3) is 0 Å². The molecule has 0 spiro atoms. The summed E-state index contributed by atoms with van der Waals surface area (Å²) in [5.74, 6) is 1.44. The van der Waals surface area contributed by atoms with E-state index in [0.717, 1.165) is 17.7 Å². The predicted octanol–water partition coefficient (Wildman–Crippen LogP) is 3.80. The van der Waals surface area contributed by atoms with E-state index in [9.17, 15) is 0 Å². The minimum atomic E-state index is -0.0756. The van der Waals surface area contributed by atoms with E-state index in [-0.39, 0.29) is 5.38 Å². The average Bonchev–Trinajstić information content (AvgIpc) is 2.27. The molecule has 2 rings (SSSR count). The Morgan fingerprint density at radius 2 is 1.87 bits per heavy atom. The molecule has 82 valence electrons. The Bertz CT molecular complexity index is 366. The lowest BCUT2D eigenvalue weighted by atomic mass is 10.1. The summed E-state index contributed by atoms with van der Waals surface area (Å²) in [4.78, 5) is 0. The van der Waals surface area contributed by atoms with Crippen molar-refractivity contribution in [2.24, 2.45) is 0 Å². The Kier molecular flexibility index (Phi) is 3.27. The van der Waals surface area contributed by atoms with Gasteiger partial charge in [-0.2, -0.15) is 0 Å². The monoisotopic (exact) mass is 246 g/mol. The molecule has 0 aliphatic carbocycles. The van der Waals surface area contributed by atoms with E-state index in [0.29, 0.717) is 24.0 Å².